The zero-order valence-electron chi connectivity index (χ0n) is 18.4. The molecule has 0 spiro atoms. The number of nitrogens with two attached hydrogens (primary N) is 3. The summed E-state index contributed by atoms with van der Waals surface area (Å²) in [5, 5.41) is 9.53. The molecule has 6 N–H and O–H groups in total. The number of nitriles is 1. The molecule has 1 aliphatic heterocycles. The molecule has 0 radical (unpaired) electrons. The van der Waals surface area contributed by atoms with Gasteiger partial charge in [0.2, 0.25) is 11.8 Å². The van der Waals surface area contributed by atoms with Crippen LogP contribution in [-0.2, 0) is 19.1 Å². The van der Waals surface area contributed by atoms with Gasteiger partial charge in [-0.25, -0.2) is 0 Å². The van der Waals surface area contributed by atoms with E-state index in [0.29, 0.717) is 24.2 Å². The van der Waals surface area contributed by atoms with Crippen molar-refractivity contribution in [1.82, 2.24) is 4.90 Å². The number of primary amides is 1. The minimum absolute atomic E-state index is 0.0376. The number of hydrogen-bond donors (Lipinski definition) is 3. The van der Waals surface area contributed by atoms with Gasteiger partial charge in [-0.05, 0) is 81.0 Å². The molecule has 2 unspecified atom stereocenters. The summed E-state index contributed by atoms with van der Waals surface area (Å²) >= 11 is 0. The summed E-state index contributed by atoms with van der Waals surface area (Å²) in [4.78, 5) is 39.1. The number of amides is 2. The molecule has 174 valence electrons. The second-order valence-corrected chi connectivity index (χ2v) is 11.2. The predicted octanol–water partition coefficient (Wildman–Crippen LogP) is 0.302. The van der Waals surface area contributed by atoms with E-state index in [-0.39, 0.29) is 30.8 Å². The van der Waals surface area contributed by atoms with Crippen LogP contribution in [0.2, 0.25) is 0 Å². The van der Waals surface area contributed by atoms with Crippen LogP contribution < -0.4 is 17.2 Å². The highest BCUT2D eigenvalue weighted by atomic mass is 16.6. The first kappa shape index (κ1) is 21.7. The average Bonchev–Trinajstić information content (AvgIpc) is 3.39. The maximum Gasteiger partial charge on any atom is 0.323 e. The van der Waals surface area contributed by atoms with Gasteiger partial charge in [-0.2, -0.15) is 5.26 Å². The second-order valence-electron chi connectivity index (χ2n) is 11.2. The van der Waals surface area contributed by atoms with Gasteiger partial charge in [0, 0.05) is 12.5 Å². The van der Waals surface area contributed by atoms with E-state index in [4.69, 9.17) is 21.9 Å². The Hall–Kier alpha value is -2.18. The van der Waals surface area contributed by atoms with Crippen molar-refractivity contribution >= 4 is 17.8 Å². The van der Waals surface area contributed by atoms with Gasteiger partial charge in [0.05, 0.1) is 12.1 Å². The van der Waals surface area contributed by atoms with Crippen molar-refractivity contribution in [1.29, 1.82) is 5.26 Å². The van der Waals surface area contributed by atoms with Crippen LogP contribution in [0, 0.1) is 34.5 Å². The van der Waals surface area contributed by atoms with Gasteiger partial charge in [-0.15, -0.1) is 0 Å². The SMILES string of the molecule is N#C[C@@H]1C[C@@H]2C[C@@H]2N1C(=O)[C@@H](N)C12CC3CC(CC(OC(=O)[C@@H](N)CCC(N)=O)(C3)C1)C2. The summed E-state index contributed by atoms with van der Waals surface area (Å²) in [6.45, 7) is 0. The standard InChI is InChI=1S/C23H33N5O4/c24-10-15-4-14-5-17(14)28(15)20(30)19(27)22-6-12-3-13(7-22)9-23(8-12,11-22)32-21(31)16(25)1-2-18(26)29/h12-17,19H,1-9,11,25,27H2,(H2,26,29)/t12?,13?,14-,15+,16+,17+,19-,22?,23?/m1/s1. The van der Waals surface area contributed by atoms with Crippen LogP contribution in [0.5, 0.6) is 0 Å². The molecule has 7 atom stereocenters. The monoisotopic (exact) mass is 443 g/mol. The van der Waals surface area contributed by atoms with Crippen LogP contribution in [-0.4, -0.2) is 52.5 Å². The van der Waals surface area contributed by atoms with Crippen molar-refractivity contribution in [2.75, 3.05) is 0 Å². The number of hydrogen-bond acceptors (Lipinski definition) is 7. The second kappa shape index (κ2) is 7.42. The van der Waals surface area contributed by atoms with Crippen LogP contribution >= 0.6 is 0 Å². The lowest BCUT2D eigenvalue weighted by molar-refractivity contribution is -0.207. The molecule has 1 saturated heterocycles. The van der Waals surface area contributed by atoms with Crippen molar-refractivity contribution < 1.29 is 19.1 Å². The third kappa shape index (κ3) is 3.48. The molecule has 4 bridgehead atoms. The van der Waals surface area contributed by atoms with Crippen molar-refractivity contribution in [3.8, 4) is 6.07 Å². The minimum Gasteiger partial charge on any atom is -0.458 e. The van der Waals surface area contributed by atoms with E-state index < -0.39 is 35.0 Å². The highest BCUT2D eigenvalue weighted by Gasteiger charge is 2.64. The smallest absolute Gasteiger partial charge is 0.323 e. The van der Waals surface area contributed by atoms with E-state index in [0.717, 1.165) is 44.9 Å². The first-order chi connectivity index (χ1) is 15.2. The zero-order valence-corrected chi connectivity index (χ0v) is 18.4. The van der Waals surface area contributed by atoms with E-state index in [9.17, 15) is 19.6 Å². The van der Waals surface area contributed by atoms with Crippen LogP contribution in [0.25, 0.3) is 0 Å². The first-order valence-electron chi connectivity index (χ1n) is 11.9. The van der Waals surface area contributed by atoms with Gasteiger partial charge in [0.1, 0.15) is 17.7 Å². The van der Waals surface area contributed by atoms with Gasteiger partial charge in [0.15, 0.2) is 0 Å². The Labute approximate surface area is 188 Å². The average molecular weight is 444 g/mol. The summed E-state index contributed by atoms with van der Waals surface area (Å²) in [6.07, 6.45) is 6.83. The predicted molar refractivity (Wildman–Crippen MR) is 113 cm³/mol. The number of esters is 1. The number of rotatable bonds is 7. The molecule has 5 aliphatic carbocycles. The summed E-state index contributed by atoms with van der Waals surface area (Å²) in [6, 6.07) is 0.495. The molecule has 6 fully saturated rings. The largest absolute Gasteiger partial charge is 0.458 e. The first-order valence-corrected chi connectivity index (χ1v) is 11.9. The quantitative estimate of drug-likeness (QED) is 0.476. The fourth-order valence-corrected chi connectivity index (χ4v) is 7.75. The molecule has 32 heavy (non-hydrogen) atoms. The Bertz CT molecular complexity index is 870. The summed E-state index contributed by atoms with van der Waals surface area (Å²) in [7, 11) is 0. The maximum absolute atomic E-state index is 13.5. The van der Waals surface area contributed by atoms with E-state index >= 15 is 0 Å². The van der Waals surface area contributed by atoms with Crippen LogP contribution in [0.15, 0.2) is 0 Å². The molecule has 0 aromatic heterocycles. The van der Waals surface area contributed by atoms with E-state index in [1.165, 1.54) is 0 Å². The van der Waals surface area contributed by atoms with Crippen LogP contribution in [0.4, 0.5) is 0 Å². The molecule has 5 saturated carbocycles. The number of fused-ring (bicyclic) bond motifs is 1. The highest BCUT2D eigenvalue weighted by molar-refractivity contribution is 5.84. The van der Waals surface area contributed by atoms with Crippen molar-refractivity contribution in [2.45, 2.75) is 94.0 Å². The fraction of sp³-hybridized carbons (Fsp3) is 0.826. The van der Waals surface area contributed by atoms with Gasteiger partial charge >= 0.3 is 5.97 Å². The lowest BCUT2D eigenvalue weighted by Gasteiger charge is -2.62. The lowest BCUT2D eigenvalue weighted by Crippen LogP contribution is -2.66. The summed E-state index contributed by atoms with van der Waals surface area (Å²) in [5.74, 6) is 0.0622. The van der Waals surface area contributed by atoms with Gasteiger partial charge in [-0.1, -0.05) is 0 Å². The van der Waals surface area contributed by atoms with E-state index in [1.807, 2.05) is 0 Å². The molecule has 1 heterocycles. The number of piperidine rings is 1. The molecular weight excluding hydrogens is 410 g/mol. The Kier molecular flexibility index (Phi) is 5.02. The number of nitrogens with zero attached hydrogens (tertiary/aromatic N) is 2. The number of likely N-dealkylation sites (tertiary alicyclic amines) is 1. The summed E-state index contributed by atoms with van der Waals surface area (Å²) < 4.78 is 6.05. The normalized spacial score (nSPS) is 42.7. The number of ether oxygens (including phenoxy) is 1. The lowest BCUT2D eigenvalue weighted by atomic mass is 9.46. The molecule has 0 aromatic carbocycles. The Balaban J connectivity index is 1.33. The molecule has 6 aliphatic rings. The van der Waals surface area contributed by atoms with Crippen LogP contribution in [0.3, 0.4) is 0 Å². The van der Waals surface area contributed by atoms with Gasteiger partial charge < -0.3 is 26.8 Å². The third-order valence-electron chi connectivity index (χ3n) is 8.81. The minimum atomic E-state index is -0.894. The third-order valence-corrected chi connectivity index (χ3v) is 8.81. The zero-order chi connectivity index (χ0) is 22.8. The Morgan fingerprint density at radius 3 is 2.41 bits per heavy atom. The van der Waals surface area contributed by atoms with Gasteiger partial charge in [-0.3, -0.25) is 14.4 Å². The summed E-state index contributed by atoms with van der Waals surface area (Å²) in [5.41, 5.74) is 16.8. The van der Waals surface area contributed by atoms with E-state index in [2.05, 4.69) is 6.07 Å². The van der Waals surface area contributed by atoms with Crippen molar-refractivity contribution in [2.24, 2.45) is 40.4 Å². The molecule has 6 rings (SSSR count). The number of carbonyl (C=O) groups is 3. The fourth-order valence-electron chi connectivity index (χ4n) is 7.75. The molecule has 2 amide bonds. The van der Waals surface area contributed by atoms with Crippen LogP contribution in [0.1, 0.15) is 64.2 Å². The number of carbonyl (C=O) groups excluding carboxylic acids is 3. The van der Waals surface area contributed by atoms with E-state index in [1.54, 1.807) is 4.90 Å². The Morgan fingerprint density at radius 1 is 1.09 bits per heavy atom. The highest BCUT2D eigenvalue weighted by Crippen LogP contribution is 2.64. The molecule has 9 heteroatoms. The maximum atomic E-state index is 13.5. The molecule has 9 nitrogen and oxygen atoms in total. The molecular formula is C23H33N5O4. The topological polar surface area (TPSA) is 166 Å². The Morgan fingerprint density at radius 2 is 1.78 bits per heavy atom. The molecule has 0 aromatic rings. The van der Waals surface area contributed by atoms with Gasteiger partial charge in [0.25, 0.3) is 0 Å². The van der Waals surface area contributed by atoms with Crippen molar-refractivity contribution in [3.05, 3.63) is 0 Å². The van der Waals surface area contributed by atoms with Crippen molar-refractivity contribution in [3.63, 3.8) is 0 Å².